The first-order chi connectivity index (χ1) is 13.2. The quantitative estimate of drug-likeness (QED) is 0.760. The molecule has 1 heterocycles. The topological polar surface area (TPSA) is 33.7 Å². The molecule has 1 aliphatic heterocycles. The number of benzene rings is 2. The summed E-state index contributed by atoms with van der Waals surface area (Å²) in [4.78, 5) is 2.33. The first kappa shape index (κ1) is 19.6. The molecule has 0 saturated carbocycles. The molecule has 1 N–H and O–H groups in total. The Morgan fingerprint density at radius 2 is 2.04 bits per heavy atom. The normalized spacial score (nSPS) is 17.7. The first-order valence-corrected chi connectivity index (χ1v) is 9.68. The molecule has 0 radical (unpaired) electrons. The lowest BCUT2D eigenvalue weighted by Gasteiger charge is -2.33. The van der Waals surface area contributed by atoms with E-state index in [0.29, 0.717) is 19.2 Å². The van der Waals surface area contributed by atoms with Gasteiger partial charge in [0, 0.05) is 31.2 Å². The van der Waals surface area contributed by atoms with Crippen LogP contribution in [0.25, 0.3) is 0 Å². The van der Waals surface area contributed by atoms with E-state index in [0.717, 1.165) is 49.5 Å². The van der Waals surface area contributed by atoms with Gasteiger partial charge in [-0.15, -0.1) is 0 Å². The van der Waals surface area contributed by atoms with Gasteiger partial charge in [0.2, 0.25) is 0 Å². The van der Waals surface area contributed by atoms with E-state index in [9.17, 15) is 4.39 Å². The predicted molar refractivity (Wildman–Crippen MR) is 106 cm³/mol. The van der Waals surface area contributed by atoms with Gasteiger partial charge in [0.15, 0.2) is 11.5 Å². The van der Waals surface area contributed by atoms with E-state index >= 15 is 0 Å². The summed E-state index contributed by atoms with van der Waals surface area (Å²) in [7, 11) is 1.65. The number of likely N-dealkylation sites (tertiary alicyclic amines) is 1. The maximum atomic E-state index is 13.9. The molecule has 27 heavy (non-hydrogen) atoms. The van der Waals surface area contributed by atoms with Crippen LogP contribution in [0.2, 0.25) is 0 Å². The molecule has 0 unspecified atom stereocenters. The van der Waals surface area contributed by atoms with Gasteiger partial charge in [0.1, 0.15) is 5.82 Å². The monoisotopic (exact) mass is 372 g/mol. The van der Waals surface area contributed by atoms with Crippen LogP contribution >= 0.6 is 0 Å². The van der Waals surface area contributed by atoms with E-state index in [4.69, 9.17) is 9.47 Å². The maximum absolute atomic E-state index is 13.9. The molecule has 0 aromatic heterocycles. The van der Waals surface area contributed by atoms with Crippen molar-refractivity contribution < 1.29 is 13.9 Å². The molecule has 0 aliphatic carbocycles. The van der Waals surface area contributed by atoms with E-state index in [1.54, 1.807) is 13.2 Å². The Balaban J connectivity index is 1.55. The zero-order valence-electron chi connectivity index (χ0n) is 16.2. The molecule has 1 atom stereocenters. The third-order valence-corrected chi connectivity index (χ3v) is 4.98. The molecular formula is C22H29FN2O2. The van der Waals surface area contributed by atoms with Gasteiger partial charge in [-0.1, -0.05) is 24.3 Å². The average Bonchev–Trinajstić information content (AvgIpc) is 2.69. The Hall–Kier alpha value is -2.11. The van der Waals surface area contributed by atoms with E-state index < -0.39 is 0 Å². The molecule has 0 bridgehead atoms. The second-order valence-corrected chi connectivity index (χ2v) is 6.96. The lowest BCUT2D eigenvalue weighted by Crippen LogP contribution is -2.45. The zero-order valence-corrected chi connectivity index (χ0v) is 16.2. The van der Waals surface area contributed by atoms with Gasteiger partial charge in [-0.3, -0.25) is 4.90 Å². The number of nitrogens with one attached hydrogen (secondary N) is 1. The Kier molecular flexibility index (Phi) is 7.07. The summed E-state index contributed by atoms with van der Waals surface area (Å²) in [6.45, 7) is 5.98. The molecule has 2 aromatic carbocycles. The SMILES string of the molecule is CCOc1cc(CN[C@H]2CCCN(Cc3ccccc3F)C2)ccc1OC. The minimum Gasteiger partial charge on any atom is -0.493 e. The highest BCUT2D eigenvalue weighted by Gasteiger charge is 2.20. The van der Waals surface area contributed by atoms with Gasteiger partial charge in [0.25, 0.3) is 0 Å². The number of hydrogen-bond acceptors (Lipinski definition) is 4. The van der Waals surface area contributed by atoms with Crippen LogP contribution in [0.1, 0.15) is 30.9 Å². The third kappa shape index (κ3) is 5.44. The van der Waals surface area contributed by atoms with Gasteiger partial charge >= 0.3 is 0 Å². The summed E-state index contributed by atoms with van der Waals surface area (Å²) in [5, 5.41) is 3.64. The second kappa shape index (κ2) is 9.72. The number of ether oxygens (including phenoxy) is 2. The van der Waals surface area contributed by atoms with Crippen molar-refractivity contribution in [3.63, 3.8) is 0 Å². The van der Waals surface area contributed by atoms with Crippen molar-refractivity contribution in [3.8, 4) is 11.5 Å². The van der Waals surface area contributed by atoms with Crippen LogP contribution < -0.4 is 14.8 Å². The highest BCUT2D eigenvalue weighted by atomic mass is 19.1. The van der Waals surface area contributed by atoms with Crippen LogP contribution in [0.3, 0.4) is 0 Å². The van der Waals surface area contributed by atoms with Crippen molar-refractivity contribution in [1.82, 2.24) is 10.2 Å². The van der Waals surface area contributed by atoms with E-state index in [1.165, 1.54) is 11.6 Å². The molecule has 3 rings (SSSR count). The van der Waals surface area contributed by atoms with E-state index in [-0.39, 0.29) is 5.82 Å². The number of methoxy groups -OCH3 is 1. The molecule has 0 amide bonds. The van der Waals surface area contributed by atoms with Crippen molar-refractivity contribution in [2.75, 3.05) is 26.8 Å². The highest BCUT2D eigenvalue weighted by molar-refractivity contribution is 5.43. The summed E-state index contributed by atoms with van der Waals surface area (Å²) in [6, 6.07) is 13.5. The molecule has 1 saturated heterocycles. The molecule has 146 valence electrons. The van der Waals surface area contributed by atoms with Gasteiger partial charge in [0.05, 0.1) is 13.7 Å². The second-order valence-electron chi connectivity index (χ2n) is 6.96. The largest absolute Gasteiger partial charge is 0.493 e. The minimum atomic E-state index is -0.116. The smallest absolute Gasteiger partial charge is 0.161 e. The molecular weight excluding hydrogens is 343 g/mol. The minimum absolute atomic E-state index is 0.116. The molecule has 1 fully saturated rings. The molecule has 2 aromatic rings. The Labute approximate surface area is 161 Å². The average molecular weight is 372 g/mol. The Morgan fingerprint density at radius 1 is 1.19 bits per heavy atom. The van der Waals surface area contributed by atoms with E-state index in [1.807, 2.05) is 31.2 Å². The summed E-state index contributed by atoms with van der Waals surface area (Å²) in [5.74, 6) is 1.42. The number of nitrogens with zero attached hydrogens (tertiary/aromatic N) is 1. The fourth-order valence-corrected chi connectivity index (χ4v) is 3.59. The number of piperidine rings is 1. The standard InChI is InChI=1S/C22H29FN2O2/c1-3-27-22-13-17(10-11-21(22)26-2)14-24-19-8-6-12-25(16-19)15-18-7-4-5-9-20(18)23/h4-5,7,9-11,13,19,24H,3,6,8,12,14-16H2,1-2H3/t19-/m0/s1. The number of halogens is 1. The Morgan fingerprint density at radius 3 is 2.81 bits per heavy atom. The summed E-state index contributed by atoms with van der Waals surface area (Å²) < 4.78 is 24.9. The van der Waals surface area contributed by atoms with Crippen LogP contribution in [-0.2, 0) is 13.1 Å². The van der Waals surface area contributed by atoms with Gasteiger partial charge in [-0.25, -0.2) is 4.39 Å². The zero-order chi connectivity index (χ0) is 19.1. The summed E-state index contributed by atoms with van der Waals surface area (Å²) in [5.41, 5.74) is 1.94. The fourth-order valence-electron chi connectivity index (χ4n) is 3.59. The van der Waals surface area contributed by atoms with Crippen LogP contribution in [-0.4, -0.2) is 37.7 Å². The van der Waals surface area contributed by atoms with Crippen molar-refractivity contribution in [1.29, 1.82) is 0 Å². The third-order valence-electron chi connectivity index (χ3n) is 4.98. The van der Waals surface area contributed by atoms with Crippen molar-refractivity contribution in [2.45, 2.75) is 38.9 Å². The van der Waals surface area contributed by atoms with E-state index in [2.05, 4.69) is 16.3 Å². The molecule has 0 spiro atoms. The molecule has 5 heteroatoms. The van der Waals surface area contributed by atoms with Gasteiger partial charge in [-0.2, -0.15) is 0 Å². The summed E-state index contributed by atoms with van der Waals surface area (Å²) >= 11 is 0. The lowest BCUT2D eigenvalue weighted by molar-refractivity contribution is 0.181. The highest BCUT2D eigenvalue weighted by Crippen LogP contribution is 2.28. The number of rotatable bonds is 8. The number of hydrogen-bond donors (Lipinski definition) is 1. The van der Waals surface area contributed by atoms with Crippen molar-refractivity contribution in [3.05, 3.63) is 59.4 Å². The van der Waals surface area contributed by atoms with Crippen molar-refractivity contribution in [2.24, 2.45) is 0 Å². The van der Waals surface area contributed by atoms with Crippen molar-refractivity contribution >= 4 is 0 Å². The fraction of sp³-hybridized carbons (Fsp3) is 0.455. The van der Waals surface area contributed by atoms with Gasteiger partial charge in [-0.05, 0) is 50.1 Å². The first-order valence-electron chi connectivity index (χ1n) is 9.68. The van der Waals surface area contributed by atoms with Crippen LogP contribution in [0.4, 0.5) is 4.39 Å². The lowest BCUT2D eigenvalue weighted by atomic mass is 10.0. The van der Waals surface area contributed by atoms with Crippen LogP contribution in [0.15, 0.2) is 42.5 Å². The predicted octanol–water partition coefficient (Wildman–Crippen LogP) is 3.99. The Bertz CT molecular complexity index is 738. The van der Waals surface area contributed by atoms with Crippen LogP contribution in [0, 0.1) is 5.82 Å². The molecule has 1 aliphatic rings. The maximum Gasteiger partial charge on any atom is 0.161 e. The summed E-state index contributed by atoms with van der Waals surface area (Å²) in [6.07, 6.45) is 2.27. The molecule has 4 nitrogen and oxygen atoms in total. The van der Waals surface area contributed by atoms with Gasteiger partial charge < -0.3 is 14.8 Å². The van der Waals surface area contributed by atoms with Crippen LogP contribution in [0.5, 0.6) is 11.5 Å².